The first-order valence-corrected chi connectivity index (χ1v) is 4.88. The molecule has 4 heteroatoms. The van der Waals surface area contributed by atoms with Crippen molar-refractivity contribution in [2.24, 2.45) is 0 Å². The highest BCUT2D eigenvalue weighted by molar-refractivity contribution is 14.1. The van der Waals surface area contributed by atoms with E-state index >= 15 is 0 Å². The highest BCUT2D eigenvalue weighted by Gasteiger charge is 2.04. The monoisotopic (exact) mass is 274 g/mol. The van der Waals surface area contributed by atoms with E-state index in [1.807, 2.05) is 18.2 Å². The predicted molar refractivity (Wildman–Crippen MR) is 54.2 cm³/mol. The Balaban J connectivity index is 2.60. The van der Waals surface area contributed by atoms with Gasteiger partial charge < -0.3 is 0 Å². The topological polar surface area (TPSA) is 38.9 Å². The Kier molecular flexibility index (Phi) is 2.00. The van der Waals surface area contributed by atoms with Gasteiger partial charge in [-0.15, -0.1) is 0 Å². The third kappa shape index (κ3) is 1.31. The molecule has 1 atom stereocenters. The van der Waals surface area contributed by atoms with Crippen LogP contribution in [0, 0.1) is 0 Å². The number of nitrogens with zero attached hydrogens (tertiary/aromatic N) is 2. The van der Waals surface area contributed by atoms with Crippen LogP contribution in [-0.4, -0.2) is 10.3 Å². The van der Waals surface area contributed by atoms with Crippen molar-refractivity contribution in [1.29, 1.82) is 0 Å². The van der Waals surface area contributed by atoms with Gasteiger partial charge in [-0.2, -0.15) is 0 Å². The van der Waals surface area contributed by atoms with E-state index in [-0.39, 0.29) is 0 Å². The molecule has 0 aliphatic rings. The molecule has 12 heavy (non-hydrogen) atoms. The molecule has 0 bridgehead atoms. The highest BCUT2D eigenvalue weighted by Crippen LogP contribution is 2.24. The summed E-state index contributed by atoms with van der Waals surface area (Å²) in [5.74, 6) is 0. The summed E-state index contributed by atoms with van der Waals surface area (Å²) in [4.78, 5) is 0. The van der Waals surface area contributed by atoms with Gasteiger partial charge in [0.2, 0.25) is 0 Å². The lowest BCUT2D eigenvalue weighted by molar-refractivity contribution is 0.315. The molecule has 1 unspecified atom stereocenters. The number of rotatable bonds is 1. The second kappa shape index (κ2) is 3.01. The van der Waals surface area contributed by atoms with Crippen LogP contribution in [-0.2, 0) is 0 Å². The van der Waals surface area contributed by atoms with Gasteiger partial charge in [-0.1, -0.05) is 28.7 Å². The molecule has 1 aromatic heterocycles. The van der Waals surface area contributed by atoms with Crippen molar-refractivity contribution < 1.29 is 4.63 Å². The molecule has 0 spiro atoms. The summed E-state index contributed by atoms with van der Waals surface area (Å²) < 4.78 is 5.09. The normalized spacial score (nSPS) is 13.5. The van der Waals surface area contributed by atoms with Crippen molar-refractivity contribution in [3.63, 3.8) is 0 Å². The van der Waals surface area contributed by atoms with Crippen molar-refractivity contribution in [2.75, 3.05) is 0 Å². The zero-order valence-electron chi connectivity index (χ0n) is 6.49. The number of fused-ring (bicyclic) bond motifs is 1. The summed E-state index contributed by atoms with van der Waals surface area (Å²) in [6, 6.07) is 5.98. The minimum atomic E-state index is 0.490. The Morgan fingerprint density at radius 1 is 1.33 bits per heavy atom. The molecule has 2 aromatic rings. The molecule has 0 aliphatic heterocycles. The smallest absolute Gasteiger partial charge is 0.135 e. The Hall–Kier alpha value is -0.650. The van der Waals surface area contributed by atoms with E-state index in [9.17, 15) is 0 Å². The molecule has 0 aliphatic carbocycles. The van der Waals surface area contributed by atoms with Gasteiger partial charge in [0, 0.05) is 3.92 Å². The second-order valence-corrected chi connectivity index (χ2v) is 4.50. The zero-order valence-corrected chi connectivity index (χ0v) is 8.65. The van der Waals surface area contributed by atoms with E-state index < -0.39 is 0 Å². The van der Waals surface area contributed by atoms with Crippen LogP contribution >= 0.6 is 22.6 Å². The number of hydrogen-bond acceptors (Lipinski definition) is 3. The van der Waals surface area contributed by atoms with E-state index in [2.05, 4.69) is 44.5 Å². The fraction of sp³-hybridized carbons (Fsp3) is 0.250. The van der Waals surface area contributed by atoms with Crippen LogP contribution in [0.25, 0.3) is 11.0 Å². The Bertz CT molecular complexity index is 397. The maximum atomic E-state index is 4.60. The van der Waals surface area contributed by atoms with Gasteiger partial charge in [0.15, 0.2) is 0 Å². The first-order valence-electron chi connectivity index (χ1n) is 3.63. The van der Waals surface area contributed by atoms with Crippen LogP contribution in [0.15, 0.2) is 22.8 Å². The number of aromatic nitrogens is 2. The molecule has 1 heterocycles. The molecule has 0 radical (unpaired) electrons. The average Bonchev–Trinajstić information content (AvgIpc) is 2.49. The summed E-state index contributed by atoms with van der Waals surface area (Å²) in [7, 11) is 0. The number of alkyl halides is 1. The standard InChI is InChI=1S/C8H7IN2O/c1-5(9)6-2-3-7-8(4-6)11-12-10-7/h2-5H,1H3. The van der Waals surface area contributed by atoms with Crippen molar-refractivity contribution in [2.45, 2.75) is 10.8 Å². The molecule has 0 saturated carbocycles. The van der Waals surface area contributed by atoms with Gasteiger partial charge in [-0.25, -0.2) is 4.63 Å². The van der Waals surface area contributed by atoms with Crippen LogP contribution < -0.4 is 0 Å². The van der Waals surface area contributed by atoms with E-state index in [0.717, 1.165) is 11.0 Å². The van der Waals surface area contributed by atoms with Crippen LogP contribution in [0.3, 0.4) is 0 Å². The molecule has 3 nitrogen and oxygen atoms in total. The van der Waals surface area contributed by atoms with Crippen LogP contribution in [0.4, 0.5) is 0 Å². The van der Waals surface area contributed by atoms with Gasteiger partial charge in [0.1, 0.15) is 11.0 Å². The fourth-order valence-corrected chi connectivity index (χ4v) is 1.43. The fourth-order valence-electron chi connectivity index (χ4n) is 1.05. The molecule has 62 valence electrons. The zero-order chi connectivity index (χ0) is 8.55. The minimum Gasteiger partial charge on any atom is -0.243 e. The first-order chi connectivity index (χ1) is 5.77. The summed E-state index contributed by atoms with van der Waals surface area (Å²) in [6.45, 7) is 2.13. The van der Waals surface area contributed by atoms with E-state index in [4.69, 9.17) is 0 Å². The largest absolute Gasteiger partial charge is 0.243 e. The predicted octanol–water partition coefficient (Wildman–Crippen LogP) is 2.72. The number of halogens is 1. The van der Waals surface area contributed by atoms with Crippen LogP contribution in [0.5, 0.6) is 0 Å². The maximum Gasteiger partial charge on any atom is 0.135 e. The van der Waals surface area contributed by atoms with Crippen molar-refractivity contribution in [1.82, 2.24) is 10.3 Å². The Morgan fingerprint density at radius 2 is 2.08 bits per heavy atom. The molecule has 0 fully saturated rings. The van der Waals surface area contributed by atoms with E-state index in [1.165, 1.54) is 5.56 Å². The van der Waals surface area contributed by atoms with Crippen LogP contribution in [0.2, 0.25) is 0 Å². The quantitative estimate of drug-likeness (QED) is 0.593. The Labute approximate surface area is 83.2 Å². The maximum absolute atomic E-state index is 4.60. The number of benzene rings is 1. The lowest BCUT2D eigenvalue weighted by Gasteiger charge is -2.00. The highest BCUT2D eigenvalue weighted by atomic mass is 127. The third-order valence-electron chi connectivity index (χ3n) is 1.74. The minimum absolute atomic E-state index is 0.490. The molecule has 0 saturated heterocycles. The average molecular weight is 274 g/mol. The van der Waals surface area contributed by atoms with Gasteiger partial charge in [-0.05, 0) is 34.9 Å². The molecule has 0 N–H and O–H groups in total. The second-order valence-electron chi connectivity index (χ2n) is 2.63. The molecular formula is C8H7IN2O. The molecule has 2 rings (SSSR count). The third-order valence-corrected chi connectivity index (χ3v) is 2.46. The molecular weight excluding hydrogens is 267 g/mol. The lowest BCUT2D eigenvalue weighted by atomic mass is 10.1. The summed E-state index contributed by atoms with van der Waals surface area (Å²) in [5, 5.41) is 7.50. The number of hydrogen-bond donors (Lipinski definition) is 0. The van der Waals surface area contributed by atoms with Gasteiger partial charge in [-0.3, -0.25) is 0 Å². The van der Waals surface area contributed by atoms with E-state index in [0.29, 0.717) is 3.92 Å². The van der Waals surface area contributed by atoms with Crippen molar-refractivity contribution in [3.8, 4) is 0 Å². The molecule has 0 amide bonds. The summed E-state index contributed by atoms with van der Waals surface area (Å²) in [5.41, 5.74) is 2.89. The lowest BCUT2D eigenvalue weighted by Crippen LogP contribution is -1.82. The van der Waals surface area contributed by atoms with E-state index in [1.54, 1.807) is 0 Å². The summed E-state index contributed by atoms with van der Waals surface area (Å²) >= 11 is 2.36. The summed E-state index contributed by atoms with van der Waals surface area (Å²) in [6.07, 6.45) is 0. The van der Waals surface area contributed by atoms with Crippen LogP contribution in [0.1, 0.15) is 16.4 Å². The van der Waals surface area contributed by atoms with Crippen molar-refractivity contribution >= 4 is 33.6 Å². The van der Waals surface area contributed by atoms with Gasteiger partial charge >= 0.3 is 0 Å². The van der Waals surface area contributed by atoms with Gasteiger partial charge in [0.05, 0.1) is 0 Å². The SMILES string of the molecule is CC(I)c1ccc2nonc2c1. The Morgan fingerprint density at radius 3 is 2.83 bits per heavy atom. The van der Waals surface area contributed by atoms with Crippen molar-refractivity contribution in [3.05, 3.63) is 23.8 Å². The molecule has 1 aromatic carbocycles. The first kappa shape index (κ1) is 7.97. The van der Waals surface area contributed by atoms with Gasteiger partial charge in [0.25, 0.3) is 0 Å².